The van der Waals surface area contributed by atoms with E-state index in [1.807, 2.05) is 0 Å². The van der Waals surface area contributed by atoms with E-state index in [0.29, 0.717) is 13.1 Å². The Balaban J connectivity index is 1.66. The maximum Gasteiger partial charge on any atom is 0.328 e. The first-order chi connectivity index (χ1) is 14.4. The average molecular weight is 438 g/mol. The third kappa shape index (κ3) is 5.30. The van der Waals surface area contributed by atoms with Crippen LogP contribution in [-0.4, -0.2) is 71.6 Å². The number of tetrazole rings is 1. The Labute approximate surface area is 173 Å². The maximum atomic E-state index is 12.9. The number of carbonyl (C=O) groups is 2. The smallest absolute Gasteiger partial charge is 0.328 e. The number of anilines is 1. The van der Waals surface area contributed by atoms with Gasteiger partial charge in [-0.1, -0.05) is 6.42 Å². The first-order valence-corrected chi connectivity index (χ1v) is 10.7. The van der Waals surface area contributed by atoms with E-state index >= 15 is 0 Å². The Morgan fingerprint density at radius 2 is 1.97 bits per heavy atom. The molecule has 0 atom stereocenters. The Morgan fingerprint density at radius 1 is 1.20 bits per heavy atom. The summed E-state index contributed by atoms with van der Waals surface area (Å²) in [6, 6.07) is 4.24. The highest BCUT2D eigenvalue weighted by Crippen LogP contribution is 2.29. The summed E-state index contributed by atoms with van der Waals surface area (Å²) in [6.45, 7) is 0.126. The van der Waals surface area contributed by atoms with E-state index in [1.54, 1.807) is 0 Å². The van der Waals surface area contributed by atoms with Crippen LogP contribution < -0.4 is 10.1 Å². The molecule has 2 aromatic rings. The fourth-order valence-electron chi connectivity index (χ4n) is 2.96. The topological polar surface area (TPSA) is 146 Å². The van der Waals surface area contributed by atoms with Gasteiger partial charge in [-0.3, -0.25) is 9.59 Å². The van der Waals surface area contributed by atoms with Crippen molar-refractivity contribution in [2.45, 2.75) is 30.7 Å². The van der Waals surface area contributed by atoms with Gasteiger partial charge in [-0.25, -0.2) is 13.1 Å². The highest BCUT2D eigenvalue weighted by atomic mass is 32.2. The number of carbonyl (C=O) groups excluding carboxylic acids is 2. The Hall–Kier alpha value is -3.06. The molecule has 0 radical (unpaired) electrons. The first-order valence-electron chi connectivity index (χ1n) is 9.24. The number of piperidine rings is 1. The molecule has 1 aliphatic heterocycles. The molecule has 0 unspecified atom stereocenters. The number of rotatable bonds is 8. The summed E-state index contributed by atoms with van der Waals surface area (Å²) in [6.07, 6.45) is 3.87. The molecule has 1 aromatic heterocycles. The molecule has 30 heavy (non-hydrogen) atoms. The largest absolute Gasteiger partial charge is 0.495 e. The van der Waals surface area contributed by atoms with Gasteiger partial charge in [-0.2, -0.15) is 4.31 Å². The van der Waals surface area contributed by atoms with Crippen LogP contribution in [0.3, 0.4) is 0 Å². The number of esters is 1. The van der Waals surface area contributed by atoms with Crippen LogP contribution in [0.5, 0.6) is 5.75 Å². The van der Waals surface area contributed by atoms with Gasteiger partial charge in [0, 0.05) is 13.1 Å². The number of hydrogen-bond acceptors (Lipinski definition) is 9. The molecule has 0 saturated carbocycles. The standard InChI is InChI=1S/C17H22N6O6S/c1-28-15-6-5-13(30(26,27)23-7-3-2-4-8-23)9-14(15)19-16(24)11-29-17(25)10-22-12-18-20-21-22/h5-6,9,12H,2-4,7-8,10-11H2,1H3,(H,19,24). The van der Waals surface area contributed by atoms with Gasteiger partial charge in [-0.15, -0.1) is 5.10 Å². The highest BCUT2D eigenvalue weighted by molar-refractivity contribution is 7.89. The van der Waals surface area contributed by atoms with Crippen molar-refractivity contribution in [1.29, 1.82) is 0 Å². The minimum Gasteiger partial charge on any atom is -0.495 e. The second-order valence-electron chi connectivity index (χ2n) is 6.54. The van der Waals surface area contributed by atoms with Crippen molar-refractivity contribution in [3.8, 4) is 5.75 Å². The predicted molar refractivity (Wildman–Crippen MR) is 103 cm³/mol. The van der Waals surface area contributed by atoms with Crippen molar-refractivity contribution in [2.75, 3.05) is 32.1 Å². The fourth-order valence-corrected chi connectivity index (χ4v) is 4.51. The van der Waals surface area contributed by atoms with Crippen molar-refractivity contribution in [2.24, 2.45) is 0 Å². The fraction of sp³-hybridized carbons (Fsp3) is 0.471. The molecule has 0 aliphatic carbocycles. The number of nitrogens with one attached hydrogen (secondary N) is 1. The zero-order valence-corrected chi connectivity index (χ0v) is 17.2. The number of methoxy groups -OCH3 is 1. The molecular weight excluding hydrogens is 416 g/mol. The Bertz CT molecular complexity index is 988. The minimum absolute atomic E-state index is 0.0520. The third-order valence-corrected chi connectivity index (χ3v) is 6.34. The van der Waals surface area contributed by atoms with Gasteiger partial charge in [0.1, 0.15) is 18.6 Å². The van der Waals surface area contributed by atoms with Crippen molar-refractivity contribution >= 4 is 27.6 Å². The molecule has 12 nitrogen and oxygen atoms in total. The lowest BCUT2D eigenvalue weighted by atomic mass is 10.2. The zero-order chi connectivity index (χ0) is 21.6. The summed E-state index contributed by atoms with van der Waals surface area (Å²) in [5.74, 6) is -1.07. The SMILES string of the molecule is COc1ccc(S(=O)(=O)N2CCCCC2)cc1NC(=O)COC(=O)Cn1cnnn1. The molecule has 1 aromatic carbocycles. The summed E-state index contributed by atoms with van der Waals surface area (Å²) < 4.78 is 38.4. The van der Waals surface area contributed by atoms with Crippen LogP contribution in [0.1, 0.15) is 19.3 Å². The summed E-state index contributed by atoms with van der Waals surface area (Å²) in [7, 11) is -2.28. The molecular formula is C17H22N6O6S. The van der Waals surface area contributed by atoms with Crippen molar-refractivity contribution in [1.82, 2.24) is 24.5 Å². The van der Waals surface area contributed by atoms with Gasteiger partial charge < -0.3 is 14.8 Å². The van der Waals surface area contributed by atoms with E-state index in [-0.39, 0.29) is 22.9 Å². The van der Waals surface area contributed by atoms with Gasteiger partial charge in [0.25, 0.3) is 5.91 Å². The lowest BCUT2D eigenvalue weighted by molar-refractivity contribution is -0.148. The molecule has 1 saturated heterocycles. The number of ether oxygens (including phenoxy) is 2. The number of amides is 1. The van der Waals surface area contributed by atoms with Crippen LogP contribution in [0.2, 0.25) is 0 Å². The van der Waals surface area contributed by atoms with Crippen LogP contribution in [0.25, 0.3) is 0 Å². The Morgan fingerprint density at radius 3 is 2.63 bits per heavy atom. The van der Waals surface area contributed by atoms with Crippen LogP contribution in [0.4, 0.5) is 5.69 Å². The predicted octanol–water partition coefficient (Wildman–Crippen LogP) is 0.0382. The Kier molecular flexibility index (Phi) is 6.95. The van der Waals surface area contributed by atoms with Crippen molar-refractivity contribution in [3.05, 3.63) is 24.5 Å². The van der Waals surface area contributed by atoms with E-state index < -0.39 is 28.5 Å². The van der Waals surface area contributed by atoms with E-state index in [9.17, 15) is 18.0 Å². The lowest BCUT2D eigenvalue weighted by Gasteiger charge is -2.26. The van der Waals surface area contributed by atoms with Gasteiger partial charge in [-0.05, 0) is 41.5 Å². The number of nitrogens with zero attached hydrogens (tertiary/aromatic N) is 5. The van der Waals surface area contributed by atoms with Gasteiger partial charge >= 0.3 is 5.97 Å². The monoisotopic (exact) mass is 438 g/mol. The molecule has 0 spiro atoms. The molecule has 13 heteroatoms. The van der Waals surface area contributed by atoms with E-state index in [4.69, 9.17) is 9.47 Å². The summed E-state index contributed by atoms with van der Waals surface area (Å²) in [5, 5.41) is 12.8. The minimum atomic E-state index is -3.68. The number of sulfonamides is 1. The van der Waals surface area contributed by atoms with Gasteiger partial charge in [0.15, 0.2) is 6.61 Å². The highest BCUT2D eigenvalue weighted by Gasteiger charge is 2.27. The first kappa shape index (κ1) is 21.6. The second kappa shape index (κ2) is 9.63. The van der Waals surface area contributed by atoms with Crippen LogP contribution in [0.15, 0.2) is 29.4 Å². The third-order valence-electron chi connectivity index (χ3n) is 4.44. The molecule has 1 aliphatic rings. The normalized spacial score (nSPS) is 14.8. The average Bonchev–Trinajstić information content (AvgIpc) is 3.26. The van der Waals surface area contributed by atoms with Gasteiger partial charge in [0.05, 0.1) is 17.7 Å². The number of aromatic nitrogens is 4. The van der Waals surface area contributed by atoms with Gasteiger partial charge in [0.2, 0.25) is 10.0 Å². The van der Waals surface area contributed by atoms with E-state index in [1.165, 1.54) is 35.9 Å². The molecule has 1 N–H and O–H groups in total. The quantitative estimate of drug-likeness (QED) is 0.564. The number of hydrogen-bond donors (Lipinski definition) is 1. The second-order valence-corrected chi connectivity index (χ2v) is 8.48. The lowest BCUT2D eigenvalue weighted by Crippen LogP contribution is -2.35. The summed E-state index contributed by atoms with van der Waals surface area (Å²) >= 11 is 0. The van der Waals surface area contributed by atoms with E-state index in [0.717, 1.165) is 23.9 Å². The van der Waals surface area contributed by atoms with Crippen LogP contribution >= 0.6 is 0 Å². The van der Waals surface area contributed by atoms with Crippen molar-refractivity contribution in [3.63, 3.8) is 0 Å². The number of benzene rings is 1. The van der Waals surface area contributed by atoms with Crippen LogP contribution in [-0.2, 0) is 30.9 Å². The molecule has 1 amide bonds. The molecule has 162 valence electrons. The summed E-state index contributed by atoms with van der Waals surface area (Å²) in [4.78, 5) is 24.0. The maximum absolute atomic E-state index is 12.9. The molecule has 2 heterocycles. The zero-order valence-electron chi connectivity index (χ0n) is 16.4. The molecule has 3 rings (SSSR count). The molecule has 0 bridgehead atoms. The van der Waals surface area contributed by atoms with E-state index in [2.05, 4.69) is 20.8 Å². The summed E-state index contributed by atoms with van der Waals surface area (Å²) in [5.41, 5.74) is 0.164. The van der Waals surface area contributed by atoms with Crippen LogP contribution in [0, 0.1) is 0 Å². The van der Waals surface area contributed by atoms with Crippen molar-refractivity contribution < 1.29 is 27.5 Å². The molecule has 1 fully saturated rings.